The van der Waals surface area contributed by atoms with Crippen LogP contribution in [-0.2, 0) is 0 Å². The summed E-state index contributed by atoms with van der Waals surface area (Å²) in [6.45, 7) is 0. The molecule has 6 nitrogen and oxygen atoms in total. The Hall–Kier alpha value is -4.62. The van der Waals surface area contributed by atoms with Crippen molar-refractivity contribution < 1.29 is 9.47 Å². The van der Waals surface area contributed by atoms with Crippen LogP contribution in [0.4, 0.5) is 5.69 Å². The third-order valence-electron chi connectivity index (χ3n) is 6.63. The largest absolute Gasteiger partial charge is 0.497 e. The average Bonchev–Trinajstić information content (AvgIpc) is 3.59. The van der Waals surface area contributed by atoms with E-state index in [2.05, 4.69) is 50.2 Å². The van der Waals surface area contributed by atoms with Gasteiger partial charge in [0.25, 0.3) is 0 Å². The molecule has 0 radical (unpaired) electrons. The molecule has 6 rings (SSSR count). The highest BCUT2D eigenvalue weighted by molar-refractivity contribution is 7.80. The summed E-state index contributed by atoms with van der Waals surface area (Å²) in [5.41, 5.74) is 4.01. The number of pyridine rings is 1. The molecule has 0 aliphatic carbocycles. The molecule has 1 aliphatic heterocycles. The molecule has 0 bridgehead atoms. The van der Waals surface area contributed by atoms with Gasteiger partial charge < -0.3 is 24.3 Å². The van der Waals surface area contributed by atoms with Crippen LogP contribution in [0.25, 0.3) is 5.69 Å². The van der Waals surface area contributed by atoms with Crippen LogP contribution in [0.5, 0.6) is 17.2 Å². The van der Waals surface area contributed by atoms with Gasteiger partial charge in [-0.2, -0.15) is 0 Å². The summed E-state index contributed by atoms with van der Waals surface area (Å²) in [4.78, 5) is 6.84. The van der Waals surface area contributed by atoms with E-state index in [1.165, 1.54) is 0 Å². The Labute approximate surface area is 227 Å². The van der Waals surface area contributed by atoms with E-state index < -0.39 is 0 Å². The standard InChI is InChI=1S/C31H26N4O2S/c1-36-24-16-12-22(13-17-24)34-21-7-11-28(34)30-29(27-10-5-6-20-32-27)33-31(38)35(30)23-14-18-26(19-15-23)37-25-8-3-2-4-9-25/h2-21,29-30H,1H3,(H,33,38). The maximum atomic E-state index is 6.02. The Balaban J connectivity index is 1.39. The van der Waals surface area contributed by atoms with Gasteiger partial charge in [-0.05, 0) is 97.1 Å². The van der Waals surface area contributed by atoms with Crippen molar-refractivity contribution >= 4 is 23.0 Å². The predicted octanol–water partition coefficient (Wildman–Crippen LogP) is 6.85. The molecule has 3 heterocycles. The van der Waals surface area contributed by atoms with Gasteiger partial charge in [0.15, 0.2) is 5.11 Å². The molecule has 0 amide bonds. The molecule has 2 atom stereocenters. The van der Waals surface area contributed by atoms with Crippen LogP contribution in [-0.4, -0.2) is 21.8 Å². The first-order chi connectivity index (χ1) is 18.7. The van der Waals surface area contributed by atoms with E-state index in [4.69, 9.17) is 21.7 Å². The van der Waals surface area contributed by atoms with Crippen molar-refractivity contribution in [3.63, 3.8) is 0 Å². The van der Waals surface area contributed by atoms with E-state index in [1.54, 1.807) is 7.11 Å². The third-order valence-corrected chi connectivity index (χ3v) is 6.94. The Kier molecular flexibility index (Phi) is 6.50. The van der Waals surface area contributed by atoms with Gasteiger partial charge in [-0.25, -0.2) is 0 Å². The minimum atomic E-state index is -0.143. The lowest BCUT2D eigenvalue weighted by Gasteiger charge is -2.29. The van der Waals surface area contributed by atoms with Gasteiger partial charge in [0.05, 0.1) is 18.8 Å². The van der Waals surface area contributed by atoms with Gasteiger partial charge in [-0.15, -0.1) is 0 Å². The van der Waals surface area contributed by atoms with Crippen molar-refractivity contribution in [1.82, 2.24) is 14.9 Å². The Morgan fingerprint density at radius 3 is 2.13 bits per heavy atom. The molecule has 7 heteroatoms. The molecule has 1 aliphatic rings. The quantitative estimate of drug-likeness (QED) is 0.238. The molecule has 0 spiro atoms. The molecular formula is C31H26N4O2S. The van der Waals surface area contributed by atoms with Gasteiger partial charge in [0.2, 0.25) is 0 Å². The van der Waals surface area contributed by atoms with Crippen LogP contribution in [0, 0.1) is 0 Å². The Bertz CT molecular complexity index is 1520. The second-order valence-electron chi connectivity index (χ2n) is 8.91. The van der Waals surface area contributed by atoms with Crippen molar-refractivity contribution in [3.05, 3.63) is 133 Å². The molecule has 0 saturated carbocycles. The van der Waals surface area contributed by atoms with Crippen LogP contribution in [0.15, 0.2) is 122 Å². The normalized spacial score (nSPS) is 16.8. The van der Waals surface area contributed by atoms with E-state index in [9.17, 15) is 0 Å². The number of para-hydroxylation sites is 1. The zero-order valence-corrected chi connectivity index (χ0v) is 21.6. The fourth-order valence-electron chi connectivity index (χ4n) is 4.85. The fourth-order valence-corrected chi connectivity index (χ4v) is 5.19. The molecule has 5 aromatic rings. The van der Waals surface area contributed by atoms with Crippen LogP contribution in [0.1, 0.15) is 23.5 Å². The van der Waals surface area contributed by atoms with E-state index in [0.29, 0.717) is 5.11 Å². The third kappa shape index (κ3) is 4.60. The highest BCUT2D eigenvalue weighted by Crippen LogP contribution is 2.42. The first kappa shape index (κ1) is 23.8. The van der Waals surface area contributed by atoms with Gasteiger partial charge in [0.1, 0.15) is 23.3 Å². The monoisotopic (exact) mass is 518 g/mol. The summed E-state index contributed by atoms with van der Waals surface area (Å²) in [7, 11) is 1.67. The van der Waals surface area contributed by atoms with Crippen LogP contribution in [0.3, 0.4) is 0 Å². The second kappa shape index (κ2) is 10.4. The maximum Gasteiger partial charge on any atom is 0.174 e. The van der Waals surface area contributed by atoms with Crippen LogP contribution >= 0.6 is 12.2 Å². The number of benzene rings is 3. The number of rotatable bonds is 7. The number of anilines is 1. The minimum absolute atomic E-state index is 0.143. The molecule has 188 valence electrons. The Morgan fingerprint density at radius 1 is 0.737 bits per heavy atom. The topological polar surface area (TPSA) is 51.5 Å². The molecule has 1 fully saturated rings. The number of nitrogens with one attached hydrogen (secondary N) is 1. The van der Waals surface area contributed by atoms with E-state index >= 15 is 0 Å². The number of methoxy groups -OCH3 is 1. The van der Waals surface area contributed by atoms with Gasteiger partial charge in [-0.3, -0.25) is 4.98 Å². The number of hydrogen-bond donors (Lipinski definition) is 1. The predicted molar refractivity (Wildman–Crippen MR) is 153 cm³/mol. The van der Waals surface area contributed by atoms with Crippen molar-refractivity contribution in [3.8, 4) is 22.9 Å². The van der Waals surface area contributed by atoms with Crippen molar-refractivity contribution in [1.29, 1.82) is 0 Å². The van der Waals surface area contributed by atoms with E-state index in [1.807, 2.05) is 91.1 Å². The Morgan fingerprint density at radius 2 is 1.42 bits per heavy atom. The molecule has 2 aromatic heterocycles. The zero-order chi connectivity index (χ0) is 25.9. The van der Waals surface area contributed by atoms with Gasteiger partial charge in [0, 0.05) is 29.5 Å². The summed E-state index contributed by atoms with van der Waals surface area (Å²) < 4.78 is 13.6. The molecule has 1 N–H and O–H groups in total. The molecule has 2 unspecified atom stereocenters. The minimum Gasteiger partial charge on any atom is -0.497 e. The smallest absolute Gasteiger partial charge is 0.174 e. The summed E-state index contributed by atoms with van der Waals surface area (Å²) in [5, 5.41) is 4.18. The first-order valence-corrected chi connectivity index (χ1v) is 12.8. The summed E-state index contributed by atoms with van der Waals surface area (Å²) in [5.74, 6) is 2.37. The highest BCUT2D eigenvalue weighted by Gasteiger charge is 2.42. The van der Waals surface area contributed by atoms with Gasteiger partial charge in [-0.1, -0.05) is 24.3 Å². The molecule has 3 aromatic carbocycles. The van der Waals surface area contributed by atoms with Gasteiger partial charge >= 0.3 is 0 Å². The van der Waals surface area contributed by atoms with Crippen LogP contribution in [0.2, 0.25) is 0 Å². The summed E-state index contributed by atoms with van der Waals surface area (Å²) >= 11 is 5.91. The number of thiocarbonyl (C=S) groups is 1. The highest BCUT2D eigenvalue weighted by atomic mass is 32.1. The fraction of sp³-hybridized carbons (Fsp3) is 0.0968. The summed E-state index contributed by atoms with van der Waals surface area (Å²) in [6.07, 6.45) is 3.89. The molecule has 1 saturated heterocycles. The number of hydrogen-bond acceptors (Lipinski definition) is 4. The lowest BCUT2D eigenvalue weighted by molar-refractivity contribution is 0.414. The lowest BCUT2D eigenvalue weighted by atomic mass is 10.0. The van der Waals surface area contributed by atoms with E-state index in [0.717, 1.165) is 40.0 Å². The number of aromatic nitrogens is 2. The summed E-state index contributed by atoms with van der Waals surface area (Å²) in [6, 6.07) is 35.7. The SMILES string of the molecule is COc1ccc(-n2cccc2C2C(c3ccccn3)NC(=S)N2c2ccc(Oc3ccccc3)cc2)cc1. The van der Waals surface area contributed by atoms with Crippen LogP contribution < -0.4 is 19.7 Å². The zero-order valence-electron chi connectivity index (χ0n) is 20.8. The number of ether oxygens (including phenoxy) is 2. The van der Waals surface area contributed by atoms with Crippen molar-refractivity contribution in [2.24, 2.45) is 0 Å². The average molecular weight is 519 g/mol. The second-order valence-corrected chi connectivity index (χ2v) is 9.29. The first-order valence-electron chi connectivity index (χ1n) is 12.4. The van der Waals surface area contributed by atoms with Crippen molar-refractivity contribution in [2.75, 3.05) is 12.0 Å². The van der Waals surface area contributed by atoms with E-state index in [-0.39, 0.29) is 12.1 Å². The maximum absolute atomic E-state index is 6.02. The lowest BCUT2D eigenvalue weighted by Crippen LogP contribution is -2.30. The molecule has 38 heavy (non-hydrogen) atoms. The molecular weight excluding hydrogens is 492 g/mol. The number of nitrogens with zero attached hydrogens (tertiary/aromatic N) is 3. The van der Waals surface area contributed by atoms with Crippen molar-refractivity contribution in [2.45, 2.75) is 12.1 Å².